The number of halogens is 1. The number of hydrogen-bond acceptors (Lipinski definition) is 2. The van der Waals surface area contributed by atoms with Crippen LogP contribution in [0, 0.1) is 0 Å². The molecule has 2 aromatic heterocycles. The zero-order valence-corrected chi connectivity index (χ0v) is 8.38. The molecule has 2 aromatic rings. The predicted octanol–water partition coefficient (Wildman–Crippen LogP) is 2.42. The van der Waals surface area contributed by atoms with E-state index >= 15 is 0 Å². The highest BCUT2D eigenvalue weighted by Crippen LogP contribution is 2.21. The summed E-state index contributed by atoms with van der Waals surface area (Å²) in [5.74, 6) is 0.531. The fourth-order valence-electron chi connectivity index (χ4n) is 1.15. The quantitative estimate of drug-likeness (QED) is 0.801. The highest BCUT2D eigenvalue weighted by molar-refractivity contribution is 9.10. The minimum absolute atomic E-state index is 0.531. The van der Waals surface area contributed by atoms with Crippen molar-refractivity contribution in [2.75, 3.05) is 5.73 Å². The Morgan fingerprint density at radius 2 is 2.15 bits per heavy atom. The van der Waals surface area contributed by atoms with Crippen molar-refractivity contribution in [2.45, 2.75) is 0 Å². The van der Waals surface area contributed by atoms with Gasteiger partial charge in [0.2, 0.25) is 0 Å². The van der Waals surface area contributed by atoms with E-state index in [1.165, 1.54) is 0 Å². The van der Waals surface area contributed by atoms with Crippen LogP contribution in [0.3, 0.4) is 0 Å². The Morgan fingerprint density at radius 1 is 1.31 bits per heavy atom. The van der Waals surface area contributed by atoms with Crippen LogP contribution in [0.15, 0.2) is 35.1 Å². The number of pyridine rings is 1. The predicted molar refractivity (Wildman–Crippen MR) is 56.1 cm³/mol. The zero-order chi connectivity index (χ0) is 9.26. The molecule has 0 unspecified atom stereocenters. The zero-order valence-electron chi connectivity index (χ0n) is 6.79. The molecule has 3 N–H and O–H groups in total. The van der Waals surface area contributed by atoms with Crippen molar-refractivity contribution in [3.05, 3.63) is 35.1 Å². The lowest BCUT2D eigenvalue weighted by Crippen LogP contribution is -1.89. The molecule has 0 aliphatic carbocycles. The normalized spacial score (nSPS) is 10.2. The number of rotatable bonds is 1. The summed E-state index contributed by atoms with van der Waals surface area (Å²) in [6, 6.07) is 7.68. The van der Waals surface area contributed by atoms with Crippen molar-refractivity contribution in [3.63, 3.8) is 0 Å². The summed E-state index contributed by atoms with van der Waals surface area (Å²) in [4.78, 5) is 7.08. The van der Waals surface area contributed by atoms with Gasteiger partial charge in [-0.1, -0.05) is 0 Å². The van der Waals surface area contributed by atoms with Gasteiger partial charge in [-0.15, -0.1) is 0 Å². The molecule has 0 saturated carbocycles. The first kappa shape index (κ1) is 8.31. The van der Waals surface area contributed by atoms with E-state index in [2.05, 4.69) is 25.9 Å². The number of nitrogen functional groups attached to an aromatic ring is 1. The fourth-order valence-corrected chi connectivity index (χ4v) is 1.50. The molecule has 66 valence electrons. The summed E-state index contributed by atoms with van der Waals surface area (Å²) in [6.45, 7) is 0. The van der Waals surface area contributed by atoms with Gasteiger partial charge in [0.25, 0.3) is 0 Å². The maximum atomic E-state index is 5.57. The van der Waals surface area contributed by atoms with Gasteiger partial charge in [-0.2, -0.15) is 0 Å². The molecular weight excluding hydrogens is 230 g/mol. The highest BCUT2D eigenvalue weighted by Gasteiger charge is 1.99. The van der Waals surface area contributed by atoms with Crippen LogP contribution in [-0.2, 0) is 0 Å². The summed E-state index contributed by atoms with van der Waals surface area (Å²) in [6.07, 6.45) is 1.69. The van der Waals surface area contributed by atoms with Crippen LogP contribution < -0.4 is 5.73 Å². The molecule has 0 radical (unpaired) electrons. The van der Waals surface area contributed by atoms with E-state index in [1.54, 1.807) is 6.20 Å². The maximum absolute atomic E-state index is 5.57. The van der Waals surface area contributed by atoms with Crippen molar-refractivity contribution in [1.29, 1.82) is 0 Å². The third-order valence-corrected chi connectivity index (χ3v) is 2.21. The minimum Gasteiger partial charge on any atom is -0.384 e. The van der Waals surface area contributed by atoms with Gasteiger partial charge in [0.05, 0.1) is 4.60 Å². The SMILES string of the molecule is Nc1cc(-c2ccc(Br)[nH]2)ccn1. The van der Waals surface area contributed by atoms with Crippen molar-refractivity contribution >= 4 is 21.7 Å². The Labute approximate surface area is 84.1 Å². The van der Waals surface area contributed by atoms with Crippen LogP contribution in [-0.4, -0.2) is 9.97 Å². The summed E-state index contributed by atoms with van der Waals surface area (Å²) in [7, 11) is 0. The Morgan fingerprint density at radius 3 is 2.77 bits per heavy atom. The summed E-state index contributed by atoms with van der Waals surface area (Å²) in [5, 5.41) is 0. The number of nitrogens with two attached hydrogens (primary N) is 1. The Kier molecular flexibility index (Phi) is 2.06. The van der Waals surface area contributed by atoms with E-state index in [0.29, 0.717) is 5.82 Å². The molecule has 13 heavy (non-hydrogen) atoms. The standard InChI is InChI=1S/C9H8BrN3/c10-8-2-1-7(13-8)6-3-4-12-9(11)5-6/h1-5,13H,(H2,11,12). The Hall–Kier alpha value is -1.29. The Bertz CT molecular complexity index is 422. The number of H-pyrrole nitrogens is 1. The van der Waals surface area contributed by atoms with E-state index in [-0.39, 0.29) is 0 Å². The largest absolute Gasteiger partial charge is 0.384 e. The first-order chi connectivity index (χ1) is 6.25. The van der Waals surface area contributed by atoms with Gasteiger partial charge in [0, 0.05) is 17.5 Å². The molecule has 0 atom stereocenters. The summed E-state index contributed by atoms with van der Waals surface area (Å²) in [5.41, 5.74) is 7.63. The lowest BCUT2D eigenvalue weighted by atomic mass is 10.2. The molecule has 0 spiro atoms. The second kappa shape index (κ2) is 3.22. The average molecular weight is 238 g/mol. The smallest absolute Gasteiger partial charge is 0.123 e. The van der Waals surface area contributed by atoms with E-state index < -0.39 is 0 Å². The monoisotopic (exact) mass is 237 g/mol. The summed E-state index contributed by atoms with van der Waals surface area (Å²) >= 11 is 3.35. The first-order valence-electron chi connectivity index (χ1n) is 3.82. The number of nitrogens with one attached hydrogen (secondary N) is 1. The first-order valence-corrected chi connectivity index (χ1v) is 4.61. The van der Waals surface area contributed by atoms with Gasteiger partial charge in [0.1, 0.15) is 5.82 Å². The van der Waals surface area contributed by atoms with Gasteiger partial charge in [-0.3, -0.25) is 0 Å². The molecule has 0 saturated heterocycles. The van der Waals surface area contributed by atoms with Gasteiger partial charge in [-0.25, -0.2) is 4.98 Å². The molecule has 0 amide bonds. The van der Waals surface area contributed by atoms with Crippen LogP contribution in [0.2, 0.25) is 0 Å². The molecule has 0 fully saturated rings. The molecule has 2 heterocycles. The van der Waals surface area contributed by atoms with Crippen LogP contribution in [0.25, 0.3) is 11.3 Å². The number of aromatic amines is 1. The lowest BCUT2D eigenvalue weighted by Gasteiger charge is -1.97. The van der Waals surface area contributed by atoms with Crippen molar-refractivity contribution in [2.24, 2.45) is 0 Å². The second-order valence-corrected chi connectivity index (χ2v) is 3.54. The number of hydrogen-bond donors (Lipinski definition) is 2. The summed E-state index contributed by atoms with van der Waals surface area (Å²) < 4.78 is 0.956. The van der Waals surface area contributed by atoms with Crippen LogP contribution >= 0.6 is 15.9 Å². The van der Waals surface area contributed by atoms with Crippen molar-refractivity contribution in [3.8, 4) is 11.3 Å². The molecule has 4 heteroatoms. The molecule has 3 nitrogen and oxygen atoms in total. The van der Waals surface area contributed by atoms with Gasteiger partial charge in [-0.05, 0) is 40.2 Å². The average Bonchev–Trinajstić information content (AvgIpc) is 2.52. The van der Waals surface area contributed by atoms with Crippen LogP contribution in [0.1, 0.15) is 0 Å². The number of aromatic nitrogens is 2. The van der Waals surface area contributed by atoms with E-state index in [0.717, 1.165) is 15.9 Å². The highest BCUT2D eigenvalue weighted by atomic mass is 79.9. The molecule has 0 aromatic carbocycles. The third-order valence-electron chi connectivity index (χ3n) is 1.74. The molecule has 0 bridgehead atoms. The second-order valence-electron chi connectivity index (χ2n) is 2.69. The molecule has 0 aliphatic rings. The maximum Gasteiger partial charge on any atom is 0.123 e. The van der Waals surface area contributed by atoms with Crippen molar-refractivity contribution < 1.29 is 0 Å². The lowest BCUT2D eigenvalue weighted by molar-refractivity contribution is 1.31. The van der Waals surface area contributed by atoms with Crippen LogP contribution in [0.5, 0.6) is 0 Å². The van der Waals surface area contributed by atoms with E-state index in [4.69, 9.17) is 5.73 Å². The molecule has 0 aliphatic heterocycles. The van der Waals surface area contributed by atoms with Gasteiger partial charge in [0.15, 0.2) is 0 Å². The Balaban J connectivity index is 2.46. The van der Waals surface area contributed by atoms with Gasteiger partial charge >= 0.3 is 0 Å². The van der Waals surface area contributed by atoms with Crippen molar-refractivity contribution in [1.82, 2.24) is 9.97 Å². The fraction of sp³-hybridized carbons (Fsp3) is 0. The number of nitrogens with zero attached hydrogens (tertiary/aromatic N) is 1. The van der Waals surface area contributed by atoms with E-state index in [9.17, 15) is 0 Å². The van der Waals surface area contributed by atoms with Crippen LogP contribution in [0.4, 0.5) is 5.82 Å². The molecular formula is C9H8BrN3. The van der Waals surface area contributed by atoms with Gasteiger partial charge < -0.3 is 10.7 Å². The number of anilines is 1. The van der Waals surface area contributed by atoms with E-state index in [1.807, 2.05) is 24.3 Å². The minimum atomic E-state index is 0.531. The topological polar surface area (TPSA) is 54.7 Å². The molecule has 2 rings (SSSR count). The third kappa shape index (κ3) is 1.72.